The largest absolute Gasteiger partial charge is 0.497 e. The molecule has 1 atom stereocenters. The first-order chi connectivity index (χ1) is 9.11. The van der Waals surface area contributed by atoms with Crippen LogP contribution in [0.25, 0.3) is 0 Å². The molecule has 0 aliphatic heterocycles. The first kappa shape index (κ1) is 13.5. The zero-order valence-corrected chi connectivity index (χ0v) is 11.7. The molecule has 0 fully saturated rings. The van der Waals surface area contributed by atoms with E-state index in [0.717, 1.165) is 11.3 Å². The lowest BCUT2D eigenvalue weighted by Crippen LogP contribution is -2.04. The minimum absolute atomic E-state index is 0.351. The summed E-state index contributed by atoms with van der Waals surface area (Å²) >= 11 is 0. The quantitative estimate of drug-likeness (QED) is 0.870. The van der Waals surface area contributed by atoms with Gasteiger partial charge in [0.2, 0.25) is 0 Å². The maximum absolute atomic E-state index is 12.4. The summed E-state index contributed by atoms with van der Waals surface area (Å²) in [6, 6.07) is 8.99. The first-order valence-electron chi connectivity index (χ1n) is 5.84. The summed E-state index contributed by atoms with van der Waals surface area (Å²) in [6.07, 6.45) is 1.70. The summed E-state index contributed by atoms with van der Waals surface area (Å²) in [4.78, 5) is 4.84. The van der Waals surface area contributed by atoms with E-state index in [4.69, 9.17) is 10.5 Å². The molecule has 1 aromatic carbocycles. The van der Waals surface area contributed by atoms with Crippen LogP contribution < -0.4 is 10.5 Å². The SMILES string of the molecule is COc1ccc(N)c(S(=O)Cc2ncccc2C)c1. The number of ether oxygens (including phenoxy) is 1. The van der Waals surface area contributed by atoms with Gasteiger partial charge in [-0.15, -0.1) is 0 Å². The van der Waals surface area contributed by atoms with Crippen molar-refractivity contribution in [1.82, 2.24) is 4.98 Å². The van der Waals surface area contributed by atoms with Crippen LogP contribution in [0.4, 0.5) is 5.69 Å². The van der Waals surface area contributed by atoms with Gasteiger partial charge in [0, 0.05) is 11.9 Å². The molecule has 2 aromatic rings. The van der Waals surface area contributed by atoms with E-state index in [9.17, 15) is 4.21 Å². The third-order valence-electron chi connectivity index (χ3n) is 2.85. The van der Waals surface area contributed by atoms with Crippen LogP contribution in [0.15, 0.2) is 41.4 Å². The summed E-state index contributed by atoms with van der Waals surface area (Å²) in [5.74, 6) is 1.000. The third kappa shape index (κ3) is 3.12. The van der Waals surface area contributed by atoms with Gasteiger partial charge in [0.1, 0.15) is 5.75 Å². The molecule has 0 amide bonds. The average Bonchev–Trinajstić information content (AvgIpc) is 2.42. The third-order valence-corrected chi connectivity index (χ3v) is 4.23. The molecule has 1 heterocycles. The Balaban J connectivity index is 2.28. The molecule has 0 aliphatic rings. The van der Waals surface area contributed by atoms with Crippen molar-refractivity contribution in [1.29, 1.82) is 0 Å². The Morgan fingerprint density at radius 1 is 1.37 bits per heavy atom. The van der Waals surface area contributed by atoms with E-state index < -0.39 is 10.8 Å². The number of aromatic nitrogens is 1. The van der Waals surface area contributed by atoms with Gasteiger partial charge in [0.05, 0.1) is 34.3 Å². The van der Waals surface area contributed by atoms with Gasteiger partial charge in [-0.2, -0.15) is 0 Å². The number of methoxy groups -OCH3 is 1. The maximum atomic E-state index is 12.4. The van der Waals surface area contributed by atoms with Crippen LogP contribution in [0.1, 0.15) is 11.3 Å². The number of benzene rings is 1. The number of aryl methyl sites for hydroxylation is 1. The van der Waals surface area contributed by atoms with Crippen molar-refractivity contribution in [2.75, 3.05) is 12.8 Å². The van der Waals surface area contributed by atoms with Crippen LogP contribution >= 0.6 is 0 Å². The normalized spacial score (nSPS) is 12.1. The van der Waals surface area contributed by atoms with E-state index in [0.29, 0.717) is 22.1 Å². The van der Waals surface area contributed by atoms with Crippen molar-refractivity contribution in [3.63, 3.8) is 0 Å². The van der Waals surface area contributed by atoms with Crippen molar-refractivity contribution in [2.24, 2.45) is 0 Å². The number of nitrogens with two attached hydrogens (primary N) is 1. The van der Waals surface area contributed by atoms with Crippen molar-refractivity contribution < 1.29 is 8.95 Å². The fraction of sp³-hybridized carbons (Fsp3) is 0.214. The van der Waals surface area contributed by atoms with Gasteiger partial charge < -0.3 is 10.5 Å². The highest BCUT2D eigenvalue weighted by Crippen LogP contribution is 2.24. The first-order valence-corrected chi connectivity index (χ1v) is 7.16. The van der Waals surface area contributed by atoms with Crippen LogP contribution in [0, 0.1) is 6.92 Å². The number of anilines is 1. The van der Waals surface area contributed by atoms with Crippen molar-refractivity contribution in [2.45, 2.75) is 17.6 Å². The predicted octanol–water partition coefficient (Wildman–Crippen LogP) is 2.29. The lowest BCUT2D eigenvalue weighted by Gasteiger charge is -2.09. The summed E-state index contributed by atoms with van der Waals surface area (Å²) in [5, 5.41) is 0. The summed E-state index contributed by atoms with van der Waals surface area (Å²) < 4.78 is 17.5. The van der Waals surface area contributed by atoms with Gasteiger partial charge in [0.25, 0.3) is 0 Å². The summed E-state index contributed by atoms with van der Waals surface area (Å²) in [7, 11) is 0.335. The van der Waals surface area contributed by atoms with E-state index in [1.807, 2.05) is 19.1 Å². The topological polar surface area (TPSA) is 65.2 Å². The lowest BCUT2D eigenvalue weighted by atomic mass is 10.2. The standard InChI is InChI=1S/C14H16N2O2S/c1-10-4-3-7-16-13(10)9-19(17)14-8-11(18-2)5-6-12(14)15/h3-8H,9,15H2,1-2H3. The molecule has 0 aliphatic carbocycles. The Labute approximate surface area is 115 Å². The van der Waals surface area contributed by atoms with Crippen molar-refractivity contribution >= 4 is 16.5 Å². The highest BCUT2D eigenvalue weighted by molar-refractivity contribution is 7.84. The molecule has 2 rings (SSSR count). The molecule has 1 aromatic heterocycles. The molecule has 5 heteroatoms. The molecule has 0 bridgehead atoms. The monoisotopic (exact) mass is 276 g/mol. The van der Waals surface area contributed by atoms with E-state index in [-0.39, 0.29) is 0 Å². The highest BCUT2D eigenvalue weighted by atomic mass is 32.2. The zero-order valence-electron chi connectivity index (χ0n) is 10.9. The fourth-order valence-electron chi connectivity index (χ4n) is 1.71. The molecule has 0 spiro atoms. The Morgan fingerprint density at radius 3 is 2.84 bits per heavy atom. The van der Waals surface area contributed by atoms with Gasteiger partial charge in [-0.25, -0.2) is 0 Å². The van der Waals surface area contributed by atoms with Crippen LogP contribution in [-0.4, -0.2) is 16.3 Å². The Kier molecular flexibility index (Phi) is 4.16. The van der Waals surface area contributed by atoms with Gasteiger partial charge in [0.15, 0.2) is 0 Å². The Hall–Kier alpha value is -1.88. The molecule has 0 radical (unpaired) electrons. The Bertz CT molecular complexity index is 614. The van der Waals surface area contributed by atoms with E-state index >= 15 is 0 Å². The molecule has 4 nitrogen and oxygen atoms in total. The number of rotatable bonds is 4. The van der Waals surface area contributed by atoms with Crippen LogP contribution in [0.5, 0.6) is 5.75 Å². The average molecular weight is 276 g/mol. The number of hydrogen-bond acceptors (Lipinski definition) is 4. The zero-order chi connectivity index (χ0) is 13.8. The predicted molar refractivity (Wildman–Crippen MR) is 76.5 cm³/mol. The van der Waals surface area contributed by atoms with E-state index in [1.165, 1.54) is 0 Å². The summed E-state index contributed by atoms with van der Waals surface area (Å²) in [5.41, 5.74) is 8.22. The van der Waals surface area contributed by atoms with E-state index in [1.54, 1.807) is 31.5 Å². The maximum Gasteiger partial charge on any atom is 0.120 e. The number of hydrogen-bond donors (Lipinski definition) is 1. The van der Waals surface area contributed by atoms with Gasteiger partial charge in [-0.1, -0.05) is 6.07 Å². The molecule has 0 saturated carbocycles. The number of nitrogens with zero attached hydrogens (tertiary/aromatic N) is 1. The van der Waals surface area contributed by atoms with Crippen LogP contribution in [0.3, 0.4) is 0 Å². The second kappa shape index (κ2) is 5.84. The Morgan fingerprint density at radius 2 is 2.16 bits per heavy atom. The molecular formula is C14H16N2O2S. The molecule has 19 heavy (non-hydrogen) atoms. The highest BCUT2D eigenvalue weighted by Gasteiger charge is 2.12. The molecule has 2 N–H and O–H groups in total. The van der Waals surface area contributed by atoms with E-state index in [2.05, 4.69) is 4.98 Å². The number of nitrogen functional groups attached to an aromatic ring is 1. The molecule has 0 saturated heterocycles. The van der Waals surface area contributed by atoms with Crippen LogP contribution in [-0.2, 0) is 16.6 Å². The minimum Gasteiger partial charge on any atom is -0.497 e. The van der Waals surface area contributed by atoms with Gasteiger partial charge >= 0.3 is 0 Å². The second-order valence-corrected chi connectivity index (χ2v) is 5.58. The van der Waals surface area contributed by atoms with Crippen molar-refractivity contribution in [3.8, 4) is 5.75 Å². The van der Waals surface area contributed by atoms with Crippen molar-refractivity contribution in [3.05, 3.63) is 47.8 Å². The smallest absolute Gasteiger partial charge is 0.120 e. The summed E-state index contributed by atoms with van der Waals surface area (Å²) in [6.45, 7) is 1.95. The fourth-order valence-corrected chi connectivity index (χ4v) is 2.99. The molecule has 1 unspecified atom stereocenters. The molecule has 100 valence electrons. The lowest BCUT2D eigenvalue weighted by molar-refractivity contribution is 0.413. The minimum atomic E-state index is -1.24. The van der Waals surface area contributed by atoms with Crippen LogP contribution in [0.2, 0.25) is 0 Å². The second-order valence-electron chi connectivity index (χ2n) is 4.16. The van der Waals surface area contributed by atoms with Gasteiger partial charge in [-0.05, 0) is 36.8 Å². The number of pyridine rings is 1. The van der Waals surface area contributed by atoms with Gasteiger partial charge in [-0.3, -0.25) is 9.19 Å². The molecular weight excluding hydrogens is 260 g/mol.